The van der Waals surface area contributed by atoms with Crippen LogP contribution in [-0.2, 0) is 4.74 Å². The highest BCUT2D eigenvalue weighted by Gasteiger charge is 2.36. The van der Waals surface area contributed by atoms with Crippen molar-refractivity contribution in [2.75, 3.05) is 13.1 Å². The van der Waals surface area contributed by atoms with E-state index in [2.05, 4.69) is 19.2 Å². The lowest BCUT2D eigenvalue weighted by atomic mass is 9.84. The molecular weight excluding hydrogens is 150 g/mol. The van der Waals surface area contributed by atoms with Gasteiger partial charge in [0.25, 0.3) is 0 Å². The van der Waals surface area contributed by atoms with Gasteiger partial charge in [0.15, 0.2) is 0 Å². The third kappa shape index (κ3) is 1.64. The van der Waals surface area contributed by atoms with Crippen LogP contribution in [0.4, 0.5) is 0 Å². The van der Waals surface area contributed by atoms with Gasteiger partial charge in [-0.05, 0) is 45.6 Å². The molecular formula is C10H19NO. The Kier molecular flexibility index (Phi) is 2.13. The molecule has 2 rings (SSSR count). The van der Waals surface area contributed by atoms with E-state index in [0.29, 0.717) is 6.10 Å². The zero-order chi connectivity index (χ0) is 8.60. The fourth-order valence-electron chi connectivity index (χ4n) is 2.34. The molecule has 2 aliphatic heterocycles. The fourth-order valence-corrected chi connectivity index (χ4v) is 2.34. The largest absolute Gasteiger partial charge is 0.372 e. The monoisotopic (exact) mass is 169 g/mol. The van der Waals surface area contributed by atoms with E-state index in [9.17, 15) is 0 Å². The van der Waals surface area contributed by atoms with Crippen molar-refractivity contribution < 1.29 is 4.74 Å². The molecule has 2 fully saturated rings. The summed E-state index contributed by atoms with van der Waals surface area (Å²) in [6, 6.07) is 0. The molecule has 2 unspecified atom stereocenters. The van der Waals surface area contributed by atoms with Gasteiger partial charge < -0.3 is 10.1 Å². The summed E-state index contributed by atoms with van der Waals surface area (Å²) in [6.07, 6.45) is 4.30. The second-order valence-electron chi connectivity index (χ2n) is 4.71. The Morgan fingerprint density at radius 2 is 2.17 bits per heavy atom. The molecule has 0 saturated carbocycles. The number of rotatable bonds is 0. The Balaban J connectivity index is 1.99. The van der Waals surface area contributed by atoms with Gasteiger partial charge in [0, 0.05) is 6.54 Å². The summed E-state index contributed by atoms with van der Waals surface area (Å²) >= 11 is 0. The molecule has 2 nitrogen and oxygen atoms in total. The van der Waals surface area contributed by atoms with Crippen LogP contribution in [0, 0.1) is 5.92 Å². The second kappa shape index (κ2) is 3.00. The van der Waals surface area contributed by atoms with Gasteiger partial charge in [-0.3, -0.25) is 0 Å². The van der Waals surface area contributed by atoms with Crippen LogP contribution in [0.3, 0.4) is 0 Å². The average molecular weight is 169 g/mol. The Morgan fingerprint density at radius 3 is 3.00 bits per heavy atom. The highest BCUT2D eigenvalue weighted by molar-refractivity contribution is 4.87. The third-order valence-electron chi connectivity index (χ3n) is 3.13. The highest BCUT2D eigenvalue weighted by Crippen LogP contribution is 2.34. The van der Waals surface area contributed by atoms with E-state index in [-0.39, 0.29) is 5.60 Å². The number of hydrogen-bond donors (Lipinski definition) is 1. The smallest absolute Gasteiger partial charge is 0.0634 e. The molecule has 2 aliphatic rings. The van der Waals surface area contributed by atoms with Crippen LogP contribution >= 0.6 is 0 Å². The van der Waals surface area contributed by atoms with Crippen molar-refractivity contribution in [1.82, 2.24) is 5.32 Å². The van der Waals surface area contributed by atoms with Crippen LogP contribution < -0.4 is 5.32 Å². The predicted molar refractivity (Wildman–Crippen MR) is 49.2 cm³/mol. The van der Waals surface area contributed by atoms with Crippen molar-refractivity contribution in [2.24, 2.45) is 5.92 Å². The van der Waals surface area contributed by atoms with Crippen molar-refractivity contribution in [3.05, 3.63) is 0 Å². The third-order valence-corrected chi connectivity index (χ3v) is 3.13. The van der Waals surface area contributed by atoms with Crippen molar-refractivity contribution in [2.45, 2.75) is 44.8 Å². The normalized spacial score (nSPS) is 40.5. The summed E-state index contributed by atoms with van der Waals surface area (Å²) in [5, 5.41) is 3.43. The standard InChI is InChI=1S/C10H19NO/c1-10(2)5-3-8-7-11-6-4-9(8)12-10/h8-9,11H,3-7H2,1-2H3. The maximum atomic E-state index is 6.04. The van der Waals surface area contributed by atoms with Crippen molar-refractivity contribution in [3.63, 3.8) is 0 Å². The van der Waals surface area contributed by atoms with Gasteiger partial charge in [0.2, 0.25) is 0 Å². The van der Waals surface area contributed by atoms with Crippen LogP contribution in [0.25, 0.3) is 0 Å². The Bertz CT molecular complexity index is 167. The molecule has 1 N–H and O–H groups in total. The van der Waals surface area contributed by atoms with Crippen molar-refractivity contribution in [3.8, 4) is 0 Å². The van der Waals surface area contributed by atoms with E-state index >= 15 is 0 Å². The number of ether oxygens (including phenoxy) is 1. The first-order valence-corrected chi connectivity index (χ1v) is 5.06. The average Bonchev–Trinajstić information content (AvgIpc) is 2.02. The van der Waals surface area contributed by atoms with Crippen LogP contribution in [0.1, 0.15) is 33.1 Å². The Labute approximate surface area is 74.7 Å². The van der Waals surface area contributed by atoms with E-state index in [1.165, 1.54) is 25.8 Å². The summed E-state index contributed by atoms with van der Waals surface area (Å²) in [4.78, 5) is 0. The van der Waals surface area contributed by atoms with E-state index in [1.54, 1.807) is 0 Å². The lowest BCUT2D eigenvalue weighted by Gasteiger charge is -2.43. The molecule has 0 bridgehead atoms. The predicted octanol–water partition coefficient (Wildman–Crippen LogP) is 1.55. The number of fused-ring (bicyclic) bond motifs is 1. The van der Waals surface area contributed by atoms with E-state index in [4.69, 9.17) is 4.74 Å². The van der Waals surface area contributed by atoms with Gasteiger partial charge in [0.1, 0.15) is 0 Å². The summed E-state index contributed by atoms with van der Waals surface area (Å²) in [6.45, 7) is 6.73. The number of piperidine rings is 1. The molecule has 2 atom stereocenters. The lowest BCUT2D eigenvalue weighted by molar-refractivity contribution is -0.142. The molecule has 0 amide bonds. The van der Waals surface area contributed by atoms with Gasteiger partial charge in [-0.1, -0.05) is 0 Å². The molecule has 2 heterocycles. The van der Waals surface area contributed by atoms with Gasteiger partial charge in [-0.25, -0.2) is 0 Å². The first-order chi connectivity index (χ1) is 5.67. The lowest BCUT2D eigenvalue weighted by Crippen LogP contribution is -2.49. The SMILES string of the molecule is CC1(C)CCC2CNCCC2O1. The number of hydrogen-bond acceptors (Lipinski definition) is 2. The first kappa shape index (κ1) is 8.52. The molecule has 12 heavy (non-hydrogen) atoms. The Morgan fingerprint density at radius 1 is 1.33 bits per heavy atom. The summed E-state index contributed by atoms with van der Waals surface area (Å²) in [5.74, 6) is 0.784. The molecule has 0 aromatic heterocycles. The fraction of sp³-hybridized carbons (Fsp3) is 1.00. The molecule has 0 aromatic rings. The van der Waals surface area contributed by atoms with Crippen LogP contribution in [0.5, 0.6) is 0 Å². The minimum atomic E-state index is 0.137. The zero-order valence-electron chi connectivity index (χ0n) is 8.10. The van der Waals surface area contributed by atoms with Crippen LogP contribution in [0.15, 0.2) is 0 Å². The minimum Gasteiger partial charge on any atom is -0.372 e. The van der Waals surface area contributed by atoms with Gasteiger partial charge in [-0.15, -0.1) is 0 Å². The van der Waals surface area contributed by atoms with Crippen molar-refractivity contribution >= 4 is 0 Å². The van der Waals surface area contributed by atoms with E-state index in [0.717, 1.165) is 12.5 Å². The quantitative estimate of drug-likeness (QED) is 0.594. The second-order valence-corrected chi connectivity index (χ2v) is 4.71. The van der Waals surface area contributed by atoms with Gasteiger partial charge >= 0.3 is 0 Å². The number of nitrogens with one attached hydrogen (secondary N) is 1. The van der Waals surface area contributed by atoms with E-state index < -0.39 is 0 Å². The highest BCUT2D eigenvalue weighted by atomic mass is 16.5. The molecule has 0 radical (unpaired) electrons. The van der Waals surface area contributed by atoms with Crippen LogP contribution in [0.2, 0.25) is 0 Å². The topological polar surface area (TPSA) is 21.3 Å². The van der Waals surface area contributed by atoms with E-state index in [1.807, 2.05) is 0 Å². The maximum absolute atomic E-state index is 6.04. The molecule has 70 valence electrons. The Hall–Kier alpha value is -0.0800. The molecule has 2 heteroatoms. The maximum Gasteiger partial charge on any atom is 0.0634 e. The minimum absolute atomic E-state index is 0.137. The van der Waals surface area contributed by atoms with Crippen molar-refractivity contribution in [1.29, 1.82) is 0 Å². The van der Waals surface area contributed by atoms with Gasteiger partial charge in [-0.2, -0.15) is 0 Å². The first-order valence-electron chi connectivity index (χ1n) is 5.06. The molecule has 0 spiro atoms. The van der Waals surface area contributed by atoms with Gasteiger partial charge in [0.05, 0.1) is 11.7 Å². The molecule has 0 aliphatic carbocycles. The summed E-state index contributed by atoms with van der Waals surface area (Å²) < 4.78 is 6.04. The van der Waals surface area contributed by atoms with Crippen LogP contribution in [-0.4, -0.2) is 24.8 Å². The molecule has 2 saturated heterocycles. The summed E-state index contributed by atoms with van der Waals surface area (Å²) in [7, 11) is 0. The molecule has 0 aromatic carbocycles. The zero-order valence-corrected chi connectivity index (χ0v) is 8.10. The summed E-state index contributed by atoms with van der Waals surface area (Å²) in [5.41, 5.74) is 0.137.